The minimum Gasteiger partial charge on any atom is -0.390 e. The van der Waals surface area contributed by atoms with Crippen LogP contribution in [0, 0.1) is 5.92 Å². The van der Waals surface area contributed by atoms with Gasteiger partial charge in [0, 0.05) is 17.6 Å². The second-order valence-electron chi connectivity index (χ2n) is 5.65. The van der Waals surface area contributed by atoms with Crippen LogP contribution in [0.25, 0.3) is 10.9 Å². The van der Waals surface area contributed by atoms with Crippen molar-refractivity contribution in [1.29, 1.82) is 0 Å². The summed E-state index contributed by atoms with van der Waals surface area (Å²) in [5, 5.41) is 11.6. The lowest BCUT2D eigenvalue weighted by Gasteiger charge is -2.24. The van der Waals surface area contributed by atoms with E-state index < -0.39 is 5.60 Å². The van der Waals surface area contributed by atoms with Crippen LogP contribution < -0.4 is 0 Å². The molecule has 2 N–H and O–H groups in total. The van der Waals surface area contributed by atoms with E-state index in [4.69, 9.17) is 0 Å². The van der Waals surface area contributed by atoms with E-state index in [2.05, 4.69) is 37.0 Å². The number of para-hydroxylation sites is 1. The molecule has 1 atom stereocenters. The predicted octanol–water partition coefficient (Wildman–Crippen LogP) is 3.51. The normalized spacial score (nSPS) is 15.4. The van der Waals surface area contributed by atoms with E-state index in [0.29, 0.717) is 12.3 Å². The first-order valence-corrected chi connectivity index (χ1v) is 6.25. The Kier molecular flexibility index (Phi) is 3.25. The van der Waals surface area contributed by atoms with Gasteiger partial charge in [0.2, 0.25) is 0 Å². The smallest absolute Gasteiger partial charge is 0.0676 e. The Balaban J connectivity index is 2.18. The molecule has 0 saturated carbocycles. The zero-order valence-electron chi connectivity index (χ0n) is 10.8. The minimum atomic E-state index is -0.630. The highest BCUT2D eigenvalue weighted by atomic mass is 16.3. The third-order valence-electron chi connectivity index (χ3n) is 3.01. The highest BCUT2D eigenvalue weighted by molar-refractivity contribution is 5.80. The molecule has 1 aromatic carbocycles. The van der Waals surface area contributed by atoms with Crippen LogP contribution in [-0.2, 0) is 6.42 Å². The van der Waals surface area contributed by atoms with Gasteiger partial charge >= 0.3 is 0 Å². The molecule has 0 radical (unpaired) electrons. The van der Waals surface area contributed by atoms with Gasteiger partial charge in [-0.15, -0.1) is 0 Å². The second-order valence-corrected chi connectivity index (χ2v) is 5.65. The lowest BCUT2D eigenvalue weighted by Crippen LogP contribution is -2.29. The number of aromatic amines is 1. The first kappa shape index (κ1) is 12.2. The standard InChI is InChI=1S/C15H21NO/c1-11(2)9-15(3,17)10-13-8-12-6-4-5-7-14(12)16-13/h4-8,11,16-17H,9-10H2,1-3H3. The van der Waals surface area contributed by atoms with Crippen LogP contribution in [0.4, 0.5) is 0 Å². The zero-order valence-corrected chi connectivity index (χ0v) is 10.8. The van der Waals surface area contributed by atoms with E-state index in [1.807, 2.05) is 19.1 Å². The van der Waals surface area contributed by atoms with E-state index in [1.54, 1.807) is 0 Å². The van der Waals surface area contributed by atoms with Crippen molar-refractivity contribution in [1.82, 2.24) is 4.98 Å². The molecule has 1 heterocycles. The van der Waals surface area contributed by atoms with Gasteiger partial charge in [0.1, 0.15) is 0 Å². The van der Waals surface area contributed by atoms with Crippen molar-refractivity contribution in [3.63, 3.8) is 0 Å². The van der Waals surface area contributed by atoms with Crippen LogP contribution >= 0.6 is 0 Å². The van der Waals surface area contributed by atoms with E-state index >= 15 is 0 Å². The van der Waals surface area contributed by atoms with E-state index in [-0.39, 0.29) is 0 Å². The van der Waals surface area contributed by atoms with Gasteiger partial charge < -0.3 is 10.1 Å². The third kappa shape index (κ3) is 3.10. The lowest BCUT2D eigenvalue weighted by atomic mass is 9.90. The molecule has 1 aromatic heterocycles. The molecule has 2 heteroatoms. The van der Waals surface area contributed by atoms with Crippen molar-refractivity contribution in [2.45, 2.75) is 39.2 Å². The SMILES string of the molecule is CC(C)CC(C)(O)Cc1cc2ccccc2[nH]1. The molecule has 2 nitrogen and oxygen atoms in total. The highest BCUT2D eigenvalue weighted by Crippen LogP contribution is 2.23. The fourth-order valence-corrected chi connectivity index (χ4v) is 2.59. The average Bonchev–Trinajstić information content (AvgIpc) is 2.55. The zero-order chi connectivity index (χ0) is 12.5. The van der Waals surface area contributed by atoms with Gasteiger partial charge in [-0.1, -0.05) is 32.0 Å². The van der Waals surface area contributed by atoms with Crippen molar-refractivity contribution in [3.8, 4) is 0 Å². The molecule has 92 valence electrons. The number of benzene rings is 1. The molecule has 0 fully saturated rings. The molecule has 0 aliphatic carbocycles. The van der Waals surface area contributed by atoms with Gasteiger partial charge in [0.15, 0.2) is 0 Å². The Morgan fingerprint density at radius 3 is 2.65 bits per heavy atom. The minimum absolute atomic E-state index is 0.509. The van der Waals surface area contributed by atoms with Gasteiger partial charge in [0.05, 0.1) is 5.60 Å². The summed E-state index contributed by atoms with van der Waals surface area (Å²) in [5.74, 6) is 0.509. The first-order chi connectivity index (χ1) is 7.96. The number of hydrogen-bond donors (Lipinski definition) is 2. The van der Waals surface area contributed by atoms with E-state index in [9.17, 15) is 5.11 Å². The summed E-state index contributed by atoms with van der Waals surface area (Å²) in [6.07, 6.45) is 1.50. The lowest BCUT2D eigenvalue weighted by molar-refractivity contribution is 0.0381. The summed E-state index contributed by atoms with van der Waals surface area (Å²) in [4.78, 5) is 3.36. The van der Waals surface area contributed by atoms with Crippen molar-refractivity contribution in [2.75, 3.05) is 0 Å². The Hall–Kier alpha value is -1.28. The van der Waals surface area contributed by atoms with Crippen LogP contribution in [0.1, 0.15) is 32.9 Å². The van der Waals surface area contributed by atoms with Crippen LogP contribution in [0.3, 0.4) is 0 Å². The molecule has 2 aromatic rings. The summed E-state index contributed by atoms with van der Waals surface area (Å²) in [7, 11) is 0. The molecule has 1 unspecified atom stereocenters. The van der Waals surface area contributed by atoms with Crippen molar-refractivity contribution < 1.29 is 5.11 Å². The highest BCUT2D eigenvalue weighted by Gasteiger charge is 2.23. The fraction of sp³-hybridized carbons (Fsp3) is 0.467. The van der Waals surface area contributed by atoms with Crippen LogP contribution in [0.15, 0.2) is 30.3 Å². The van der Waals surface area contributed by atoms with Crippen LogP contribution in [-0.4, -0.2) is 15.7 Å². The Morgan fingerprint density at radius 1 is 1.29 bits per heavy atom. The molecule has 0 bridgehead atoms. The molecule has 0 spiro atoms. The topological polar surface area (TPSA) is 36.0 Å². The van der Waals surface area contributed by atoms with Gasteiger partial charge in [-0.3, -0.25) is 0 Å². The number of nitrogens with one attached hydrogen (secondary N) is 1. The molecular weight excluding hydrogens is 210 g/mol. The van der Waals surface area contributed by atoms with Gasteiger partial charge in [-0.25, -0.2) is 0 Å². The first-order valence-electron chi connectivity index (χ1n) is 6.25. The monoisotopic (exact) mass is 231 g/mol. The Morgan fingerprint density at radius 2 is 2.00 bits per heavy atom. The summed E-state index contributed by atoms with van der Waals surface area (Å²) < 4.78 is 0. The predicted molar refractivity (Wildman–Crippen MR) is 72.1 cm³/mol. The summed E-state index contributed by atoms with van der Waals surface area (Å²) in [6, 6.07) is 10.3. The second kappa shape index (κ2) is 4.53. The third-order valence-corrected chi connectivity index (χ3v) is 3.01. The maximum Gasteiger partial charge on any atom is 0.0676 e. The number of aliphatic hydroxyl groups is 1. The van der Waals surface area contributed by atoms with E-state index in [1.165, 1.54) is 5.39 Å². The summed E-state index contributed by atoms with van der Waals surface area (Å²) in [6.45, 7) is 6.19. The summed E-state index contributed by atoms with van der Waals surface area (Å²) >= 11 is 0. The summed E-state index contributed by atoms with van der Waals surface area (Å²) in [5.41, 5.74) is 1.62. The number of hydrogen-bond acceptors (Lipinski definition) is 1. The molecular formula is C15H21NO. The maximum absolute atomic E-state index is 10.3. The largest absolute Gasteiger partial charge is 0.390 e. The molecule has 0 amide bonds. The number of fused-ring (bicyclic) bond motifs is 1. The van der Waals surface area contributed by atoms with Crippen LogP contribution in [0.2, 0.25) is 0 Å². The van der Waals surface area contributed by atoms with Crippen molar-refractivity contribution >= 4 is 10.9 Å². The molecule has 0 aliphatic heterocycles. The molecule has 0 aliphatic rings. The Bertz CT molecular complexity index is 463. The van der Waals surface area contributed by atoms with Crippen LogP contribution in [0.5, 0.6) is 0 Å². The average molecular weight is 231 g/mol. The van der Waals surface area contributed by atoms with Gasteiger partial charge in [-0.05, 0) is 36.8 Å². The number of rotatable bonds is 4. The van der Waals surface area contributed by atoms with E-state index in [0.717, 1.165) is 17.6 Å². The number of aromatic nitrogens is 1. The van der Waals surface area contributed by atoms with Gasteiger partial charge in [0.25, 0.3) is 0 Å². The molecule has 0 saturated heterocycles. The quantitative estimate of drug-likeness (QED) is 0.830. The number of H-pyrrole nitrogens is 1. The molecule has 17 heavy (non-hydrogen) atoms. The Labute approximate surface area is 103 Å². The van der Waals surface area contributed by atoms with Crippen molar-refractivity contribution in [2.24, 2.45) is 5.92 Å². The van der Waals surface area contributed by atoms with Crippen molar-refractivity contribution in [3.05, 3.63) is 36.0 Å². The maximum atomic E-state index is 10.3. The molecule has 2 rings (SSSR count). The van der Waals surface area contributed by atoms with Gasteiger partial charge in [-0.2, -0.15) is 0 Å². The fourth-order valence-electron chi connectivity index (χ4n) is 2.59.